The summed E-state index contributed by atoms with van der Waals surface area (Å²) in [5.74, 6) is -1.22. The number of fused-ring (bicyclic) bond motifs is 2. The number of amides is 2. The molecule has 3 heterocycles. The molecule has 2 aromatic heterocycles. The average molecular weight is 421 g/mol. The minimum absolute atomic E-state index is 0.110. The molecule has 1 N–H and O–H groups in total. The van der Waals surface area contributed by atoms with Crippen LogP contribution in [0.15, 0.2) is 30.3 Å². The first-order chi connectivity index (χ1) is 14.8. The Kier molecular flexibility index (Phi) is 5.41. The molecule has 9 nitrogen and oxygen atoms in total. The summed E-state index contributed by atoms with van der Waals surface area (Å²) >= 11 is 0. The first-order valence-electron chi connectivity index (χ1n) is 10.0. The fourth-order valence-electron chi connectivity index (χ4n) is 3.78. The Labute approximate surface area is 179 Å². The molecule has 3 aromatic rings. The molecule has 1 aliphatic rings. The van der Waals surface area contributed by atoms with Gasteiger partial charge < -0.3 is 10.1 Å². The van der Waals surface area contributed by atoms with Crippen LogP contribution < -0.4 is 10.2 Å². The maximum Gasteiger partial charge on any atom is 0.306 e. The number of aryl methyl sites for hydroxylation is 3. The van der Waals surface area contributed by atoms with Crippen molar-refractivity contribution < 1.29 is 19.1 Å². The third kappa shape index (κ3) is 4.11. The summed E-state index contributed by atoms with van der Waals surface area (Å²) in [7, 11) is 0. The fraction of sp³-hybridized carbons (Fsp3) is 0.318. The summed E-state index contributed by atoms with van der Waals surface area (Å²) < 4.78 is 6.96. The summed E-state index contributed by atoms with van der Waals surface area (Å²) in [5.41, 5.74) is 5.48. The Morgan fingerprint density at radius 3 is 2.77 bits per heavy atom. The van der Waals surface area contributed by atoms with Crippen molar-refractivity contribution in [1.82, 2.24) is 14.6 Å². The zero-order valence-electron chi connectivity index (χ0n) is 17.6. The van der Waals surface area contributed by atoms with Gasteiger partial charge in [-0.1, -0.05) is 12.1 Å². The maximum atomic E-state index is 12.6. The number of aromatic nitrogens is 3. The van der Waals surface area contributed by atoms with Crippen molar-refractivity contribution in [3.8, 4) is 0 Å². The van der Waals surface area contributed by atoms with Gasteiger partial charge in [-0.3, -0.25) is 19.3 Å². The van der Waals surface area contributed by atoms with Crippen molar-refractivity contribution in [2.75, 3.05) is 23.4 Å². The fourth-order valence-corrected chi connectivity index (χ4v) is 3.78. The molecule has 31 heavy (non-hydrogen) atoms. The van der Waals surface area contributed by atoms with Crippen LogP contribution in [0.3, 0.4) is 0 Å². The molecule has 160 valence electrons. The second-order valence-corrected chi connectivity index (χ2v) is 7.52. The first-order valence-corrected chi connectivity index (χ1v) is 10.0. The SMILES string of the molecule is Cc1cc2nc(C)c(CCC(=O)OCC(=O)N3CC(=O)Nc4ccccc43)c(C)n2n1. The highest BCUT2D eigenvalue weighted by Crippen LogP contribution is 2.28. The third-order valence-corrected chi connectivity index (χ3v) is 5.29. The molecule has 4 rings (SSSR count). The van der Waals surface area contributed by atoms with Gasteiger partial charge in [-0.2, -0.15) is 5.10 Å². The van der Waals surface area contributed by atoms with E-state index in [1.54, 1.807) is 28.8 Å². The predicted octanol–water partition coefficient (Wildman–Crippen LogP) is 2.12. The van der Waals surface area contributed by atoms with Gasteiger partial charge in [0.1, 0.15) is 6.54 Å². The number of benzene rings is 1. The van der Waals surface area contributed by atoms with Crippen LogP contribution in [0, 0.1) is 20.8 Å². The Bertz CT molecular complexity index is 1200. The molecule has 1 aromatic carbocycles. The van der Waals surface area contributed by atoms with Gasteiger partial charge in [0, 0.05) is 23.9 Å². The number of hydrogen-bond acceptors (Lipinski definition) is 6. The smallest absolute Gasteiger partial charge is 0.306 e. The van der Waals surface area contributed by atoms with Crippen molar-refractivity contribution in [2.24, 2.45) is 0 Å². The first kappa shape index (κ1) is 20.5. The molecule has 0 bridgehead atoms. The van der Waals surface area contributed by atoms with Crippen molar-refractivity contribution in [3.05, 3.63) is 53.0 Å². The maximum absolute atomic E-state index is 12.6. The number of esters is 1. The molecule has 0 spiro atoms. The topological polar surface area (TPSA) is 106 Å². The second kappa shape index (κ2) is 8.17. The van der Waals surface area contributed by atoms with Crippen LogP contribution in [0.2, 0.25) is 0 Å². The molecule has 9 heteroatoms. The van der Waals surface area contributed by atoms with Crippen LogP contribution in [0.5, 0.6) is 0 Å². The molecule has 1 aliphatic heterocycles. The number of carbonyl (C=O) groups is 3. The van der Waals surface area contributed by atoms with Gasteiger partial charge in [-0.25, -0.2) is 9.50 Å². The largest absolute Gasteiger partial charge is 0.456 e. The van der Waals surface area contributed by atoms with Crippen molar-refractivity contribution in [3.63, 3.8) is 0 Å². The molecule has 0 aliphatic carbocycles. The zero-order valence-corrected chi connectivity index (χ0v) is 17.6. The number of nitrogens with zero attached hydrogens (tertiary/aromatic N) is 4. The minimum Gasteiger partial charge on any atom is -0.456 e. The molecular weight excluding hydrogens is 398 g/mol. The van der Waals surface area contributed by atoms with Crippen molar-refractivity contribution >= 4 is 34.8 Å². The number of nitrogens with one attached hydrogen (secondary N) is 1. The summed E-state index contributed by atoms with van der Waals surface area (Å²) in [6, 6.07) is 8.91. The lowest BCUT2D eigenvalue weighted by Crippen LogP contribution is -2.44. The molecule has 2 amide bonds. The van der Waals surface area contributed by atoms with E-state index in [9.17, 15) is 14.4 Å². The van der Waals surface area contributed by atoms with Gasteiger partial charge in [0.05, 0.1) is 17.1 Å². The van der Waals surface area contributed by atoms with E-state index >= 15 is 0 Å². The van der Waals surface area contributed by atoms with E-state index in [0.717, 1.165) is 28.3 Å². The van der Waals surface area contributed by atoms with E-state index in [4.69, 9.17) is 4.74 Å². The van der Waals surface area contributed by atoms with Gasteiger partial charge in [-0.05, 0) is 44.9 Å². The van der Waals surface area contributed by atoms with Crippen molar-refractivity contribution in [1.29, 1.82) is 0 Å². The van der Waals surface area contributed by atoms with E-state index in [-0.39, 0.29) is 18.9 Å². The number of para-hydroxylation sites is 2. The number of hydrogen-bond donors (Lipinski definition) is 1. The molecule has 0 unspecified atom stereocenters. The van der Waals surface area contributed by atoms with Gasteiger partial charge >= 0.3 is 5.97 Å². The van der Waals surface area contributed by atoms with E-state index in [1.165, 1.54) is 4.90 Å². The normalized spacial score (nSPS) is 13.1. The molecule has 0 saturated heterocycles. The predicted molar refractivity (Wildman–Crippen MR) is 114 cm³/mol. The quantitative estimate of drug-likeness (QED) is 0.633. The van der Waals surface area contributed by atoms with Gasteiger partial charge in [0.15, 0.2) is 12.3 Å². The van der Waals surface area contributed by atoms with E-state index < -0.39 is 18.5 Å². The molecular formula is C22H23N5O4. The number of carbonyl (C=O) groups excluding carboxylic acids is 3. The van der Waals surface area contributed by atoms with Crippen LogP contribution in [0.25, 0.3) is 5.65 Å². The van der Waals surface area contributed by atoms with Crippen LogP contribution in [-0.2, 0) is 25.5 Å². The van der Waals surface area contributed by atoms with Gasteiger partial charge in [-0.15, -0.1) is 0 Å². The lowest BCUT2D eigenvalue weighted by molar-refractivity contribution is -0.147. The standard InChI is InChI=1S/C22H23N5O4/c1-13-10-19-23-14(2)16(15(3)27(19)25-13)8-9-22(30)31-12-21(29)26-11-20(28)24-17-6-4-5-7-18(17)26/h4-7,10H,8-9,11-12H2,1-3H3,(H,24,28). The average Bonchev–Trinajstić information content (AvgIpc) is 3.11. The second-order valence-electron chi connectivity index (χ2n) is 7.52. The van der Waals surface area contributed by atoms with E-state index in [1.807, 2.05) is 26.8 Å². The molecule has 0 fully saturated rings. The Hall–Kier alpha value is -3.75. The van der Waals surface area contributed by atoms with Crippen molar-refractivity contribution in [2.45, 2.75) is 33.6 Å². The number of anilines is 2. The van der Waals surface area contributed by atoms with Gasteiger partial charge in [0.2, 0.25) is 5.91 Å². The van der Waals surface area contributed by atoms with Crippen LogP contribution in [-0.4, -0.2) is 45.5 Å². The van der Waals surface area contributed by atoms with Crippen LogP contribution in [0.4, 0.5) is 11.4 Å². The Morgan fingerprint density at radius 1 is 1.19 bits per heavy atom. The third-order valence-electron chi connectivity index (χ3n) is 5.29. The summed E-state index contributed by atoms with van der Waals surface area (Å²) in [4.78, 5) is 42.6. The van der Waals surface area contributed by atoms with Gasteiger partial charge in [0.25, 0.3) is 5.91 Å². The van der Waals surface area contributed by atoms with Crippen LogP contribution >= 0.6 is 0 Å². The molecule has 0 radical (unpaired) electrons. The summed E-state index contributed by atoms with van der Waals surface area (Å²) in [6.45, 7) is 5.21. The summed E-state index contributed by atoms with van der Waals surface area (Å²) in [5, 5.41) is 7.15. The Balaban J connectivity index is 1.38. The number of ether oxygens (including phenoxy) is 1. The highest BCUT2D eigenvalue weighted by atomic mass is 16.5. The number of rotatable bonds is 5. The summed E-state index contributed by atoms with van der Waals surface area (Å²) in [6.07, 6.45) is 0.543. The zero-order chi connectivity index (χ0) is 22.1. The highest BCUT2D eigenvalue weighted by Gasteiger charge is 2.27. The van der Waals surface area contributed by atoms with E-state index in [2.05, 4.69) is 15.4 Å². The monoisotopic (exact) mass is 421 g/mol. The van der Waals surface area contributed by atoms with Crippen LogP contribution in [0.1, 0.15) is 29.1 Å². The molecule has 0 atom stereocenters. The Morgan fingerprint density at radius 2 is 1.97 bits per heavy atom. The molecule has 0 saturated carbocycles. The minimum atomic E-state index is -0.487. The van der Waals surface area contributed by atoms with E-state index in [0.29, 0.717) is 17.8 Å². The lowest BCUT2D eigenvalue weighted by atomic mass is 10.1. The lowest BCUT2D eigenvalue weighted by Gasteiger charge is -2.28. The highest BCUT2D eigenvalue weighted by molar-refractivity contribution is 6.10.